The number of benzene rings is 2. The normalized spacial score (nSPS) is 12.1. The molecule has 2 aromatic heterocycles. The lowest BCUT2D eigenvalue weighted by molar-refractivity contribution is 0.191. The van der Waals surface area contributed by atoms with Crippen LogP contribution in [0.1, 0.15) is 18.1 Å². The summed E-state index contributed by atoms with van der Waals surface area (Å²) in [5, 5.41) is 20.3. The van der Waals surface area contributed by atoms with Crippen LogP contribution in [-0.4, -0.2) is 37.9 Å². The zero-order chi connectivity index (χ0) is 22.7. The summed E-state index contributed by atoms with van der Waals surface area (Å²) in [6.07, 6.45) is 1.10. The third kappa shape index (κ3) is 4.79. The second kappa shape index (κ2) is 9.21. The molecule has 2 heterocycles. The number of aliphatic hydroxyl groups is 1. The number of rotatable bonds is 7. The monoisotopic (exact) mass is 434 g/mol. The van der Waals surface area contributed by atoms with Gasteiger partial charge in [-0.05, 0) is 31.5 Å². The van der Waals surface area contributed by atoms with E-state index < -0.39 is 11.9 Å². The maximum absolute atomic E-state index is 14.7. The summed E-state index contributed by atoms with van der Waals surface area (Å²) in [4.78, 5) is 8.72. The molecule has 0 aliphatic carbocycles. The highest BCUT2D eigenvalue weighted by atomic mass is 19.1. The number of nitrogen functional groups attached to an aromatic ring is 1. The van der Waals surface area contributed by atoms with Gasteiger partial charge in [0.15, 0.2) is 11.5 Å². The van der Waals surface area contributed by atoms with E-state index in [-0.39, 0.29) is 28.9 Å². The molecule has 0 fully saturated rings. The quantitative estimate of drug-likeness (QED) is 0.405. The van der Waals surface area contributed by atoms with E-state index >= 15 is 0 Å². The number of nitrogens with two attached hydrogens (primary N) is 1. The van der Waals surface area contributed by atoms with Crippen molar-refractivity contribution in [3.05, 3.63) is 65.6 Å². The van der Waals surface area contributed by atoms with E-state index in [1.54, 1.807) is 25.3 Å². The van der Waals surface area contributed by atoms with Crippen LogP contribution >= 0.6 is 0 Å². The van der Waals surface area contributed by atoms with Gasteiger partial charge >= 0.3 is 0 Å². The molecule has 9 heteroatoms. The summed E-state index contributed by atoms with van der Waals surface area (Å²) in [5.41, 5.74) is 9.73. The first-order valence-electron chi connectivity index (χ1n) is 10.1. The van der Waals surface area contributed by atoms with Crippen molar-refractivity contribution in [1.82, 2.24) is 25.5 Å². The second-order valence-corrected chi connectivity index (χ2v) is 7.56. The average molecular weight is 434 g/mol. The molecule has 0 spiro atoms. The zero-order valence-electron chi connectivity index (χ0n) is 17.7. The van der Waals surface area contributed by atoms with Crippen LogP contribution in [0.2, 0.25) is 0 Å². The largest absolute Gasteiger partial charge is 0.414 e. The van der Waals surface area contributed by atoms with Gasteiger partial charge in [0.25, 0.3) is 11.8 Å². The lowest BCUT2D eigenvalue weighted by Crippen LogP contribution is -2.23. The van der Waals surface area contributed by atoms with E-state index in [4.69, 9.17) is 10.2 Å². The number of nitrogens with zero attached hydrogens (tertiary/aromatic N) is 4. The van der Waals surface area contributed by atoms with Gasteiger partial charge in [-0.15, -0.1) is 10.2 Å². The summed E-state index contributed by atoms with van der Waals surface area (Å²) < 4.78 is 20.4. The number of hydrogen-bond acceptors (Lipinski definition) is 8. The minimum Gasteiger partial charge on any atom is -0.414 e. The lowest BCUT2D eigenvalue weighted by atomic mass is 10.1. The fourth-order valence-electron chi connectivity index (χ4n) is 3.11. The molecule has 1 unspecified atom stereocenters. The van der Waals surface area contributed by atoms with Gasteiger partial charge in [0.05, 0.1) is 23.6 Å². The van der Waals surface area contributed by atoms with E-state index in [0.717, 1.165) is 16.7 Å². The van der Waals surface area contributed by atoms with Gasteiger partial charge in [0, 0.05) is 18.7 Å². The van der Waals surface area contributed by atoms with E-state index in [1.165, 1.54) is 6.07 Å². The van der Waals surface area contributed by atoms with Crippen LogP contribution in [0.15, 0.2) is 53.1 Å². The predicted molar refractivity (Wildman–Crippen MR) is 119 cm³/mol. The van der Waals surface area contributed by atoms with Gasteiger partial charge in [-0.3, -0.25) is 0 Å². The molecule has 0 bridgehead atoms. The highest BCUT2D eigenvalue weighted by Crippen LogP contribution is 2.29. The Labute approximate surface area is 184 Å². The first-order chi connectivity index (χ1) is 15.4. The van der Waals surface area contributed by atoms with Crippen LogP contribution in [0.25, 0.3) is 34.3 Å². The lowest BCUT2D eigenvalue weighted by Gasteiger charge is -2.07. The summed E-state index contributed by atoms with van der Waals surface area (Å²) >= 11 is 0. The van der Waals surface area contributed by atoms with Crippen LogP contribution in [-0.2, 0) is 6.54 Å². The van der Waals surface area contributed by atoms with E-state index in [9.17, 15) is 9.50 Å². The van der Waals surface area contributed by atoms with Crippen molar-refractivity contribution in [2.45, 2.75) is 26.5 Å². The van der Waals surface area contributed by atoms with E-state index in [0.29, 0.717) is 18.8 Å². The number of aromatic nitrogens is 4. The molecule has 2 aromatic carbocycles. The van der Waals surface area contributed by atoms with E-state index in [1.807, 2.05) is 31.2 Å². The van der Waals surface area contributed by atoms with Crippen LogP contribution < -0.4 is 11.1 Å². The highest BCUT2D eigenvalue weighted by molar-refractivity contribution is 5.69. The van der Waals surface area contributed by atoms with Gasteiger partial charge < -0.3 is 20.6 Å². The minimum atomic E-state index is -0.496. The smallest absolute Gasteiger partial charge is 0.270 e. The van der Waals surface area contributed by atoms with Crippen molar-refractivity contribution in [2.24, 2.45) is 0 Å². The first-order valence-corrected chi connectivity index (χ1v) is 10.1. The number of nitrogens with one attached hydrogen (secondary N) is 1. The van der Waals surface area contributed by atoms with Gasteiger partial charge in [0.1, 0.15) is 5.82 Å². The molecule has 4 rings (SSSR count). The van der Waals surface area contributed by atoms with Crippen molar-refractivity contribution < 1.29 is 13.9 Å². The Morgan fingerprint density at radius 3 is 2.59 bits per heavy atom. The van der Waals surface area contributed by atoms with Crippen molar-refractivity contribution in [3.63, 3.8) is 0 Å². The minimum absolute atomic E-state index is 0.0166. The molecule has 4 N–H and O–H groups in total. The van der Waals surface area contributed by atoms with Crippen molar-refractivity contribution in [1.29, 1.82) is 0 Å². The summed E-state index contributed by atoms with van der Waals surface area (Å²) in [7, 11) is 0. The maximum atomic E-state index is 14.7. The second-order valence-electron chi connectivity index (χ2n) is 7.56. The van der Waals surface area contributed by atoms with Gasteiger partial charge in [-0.2, -0.15) is 0 Å². The van der Waals surface area contributed by atoms with Crippen LogP contribution in [0, 0.1) is 12.7 Å². The summed E-state index contributed by atoms with van der Waals surface area (Å²) in [6, 6.07) is 12.5. The molecule has 0 amide bonds. The molecule has 0 saturated heterocycles. The molecule has 8 nitrogen and oxygen atoms in total. The topological polar surface area (TPSA) is 123 Å². The number of hydrogen-bond donors (Lipinski definition) is 3. The Morgan fingerprint density at radius 2 is 1.88 bits per heavy atom. The van der Waals surface area contributed by atoms with E-state index in [2.05, 4.69) is 25.5 Å². The molecular weight excluding hydrogens is 411 g/mol. The van der Waals surface area contributed by atoms with Gasteiger partial charge in [-0.1, -0.05) is 35.9 Å². The van der Waals surface area contributed by atoms with Crippen molar-refractivity contribution in [3.8, 4) is 34.3 Å². The molecule has 0 aliphatic heterocycles. The molecular formula is C23H23FN6O2. The fourth-order valence-corrected chi connectivity index (χ4v) is 3.11. The Hall–Kier alpha value is -3.69. The number of aliphatic hydroxyl groups excluding tert-OH is 1. The van der Waals surface area contributed by atoms with Crippen LogP contribution in [0.4, 0.5) is 10.2 Å². The number of aryl methyl sites for hydroxylation is 1. The molecule has 0 aliphatic rings. The molecule has 4 aromatic rings. The molecule has 164 valence electrons. The van der Waals surface area contributed by atoms with Gasteiger partial charge in [-0.25, -0.2) is 14.4 Å². The Morgan fingerprint density at radius 1 is 1.12 bits per heavy atom. The van der Waals surface area contributed by atoms with Crippen LogP contribution in [0.3, 0.4) is 0 Å². The van der Waals surface area contributed by atoms with Crippen LogP contribution in [0.5, 0.6) is 0 Å². The maximum Gasteiger partial charge on any atom is 0.270 e. The molecule has 0 radical (unpaired) electrons. The SMILES string of the molecule is Cc1ccc(-c2cnc(N)c(-c3nnc(-c4ccc(CNCC(C)O)cc4F)o3)n2)cc1. The third-order valence-electron chi connectivity index (χ3n) is 4.81. The zero-order valence-corrected chi connectivity index (χ0v) is 17.7. The standard InChI is InChI=1S/C23H23FN6O2/c1-13-3-6-16(7-4-13)19-12-27-21(25)20(28-19)23-30-29-22(32-23)17-8-5-15(9-18(17)24)11-26-10-14(2)31/h3-9,12,14,26,31H,10-11H2,1-2H3,(H2,25,27). The highest BCUT2D eigenvalue weighted by Gasteiger charge is 2.19. The summed E-state index contributed by atoms with van der Waals surface area (Å²) in [5.74, 6) is -0.288. The molecule has 0 saturated carbocycles. The van der Waals surface area contributed by atoms with Gasteiger partial charge in [0.2, 0.25) is 0 Å². The van der Waals surface area contributed by atoms with Crippen molar-refractivity contribution in [2.75, 3.05) is 12.3 Å². The Balaban J connectivity index is 1.59. The first kappa shape index (κ1) is 21.5. The molecule has 32 heavy (non-hydrogen) atoms. The number of anilines is 1. The average Bonchev–Trinajstić information content (AvgIpc) is 3.24. The van der Waals surface area contributed by atoms with Crippen molar-refractivity contribution >= 4 is 5.82 Å². The number of halogens is 1. The predicted octanol–water partition coefficient (Wildman–Crippen LogP) is 3.36. The fraction of sp³-hybridized carbons (Fsp3) is 0.217. The summed E-state index contributed by atoms with van der Waals surface area (Å²) in [6.45, 7) is 4.52. The Bertz CT molecular complexity index is 1220. The third-order valence-corrected chi connectivity index (χ3v) is 4.81. The molecule has 1 atom stereocenters. The Kier molecular flexibility index (Phi) is 6.20.